The molecule has 3 heterocycles. The number of nitrogens with zero attached hydrogens (tertiary/aromatic N) is 2. The topological polar surface area (TPSA) is 107 Å². The van der Waals surface area contributed by atoms with Gasteiger partial charge in [-0.3, -0.25) is 9.59 Å². The summed E-state index contributed by atoms with van der Waals surface area (Å²) in [5.74, 6) is -0.0763. The number of rotatable bonds is 7. The monoisotopic (exact) mass is 465 g/mol. The number of aryl methyl sites for hydroxylation is 2. The summed E-state index contributed by atoms with van der Waals surface area (Å²) < 4.78 is 32.1. The second kappa shape index (κ2) is 8.84. The van der Waals surface area contributed by atoms with E-state index in [9.17, 15) is 18.0 Å². The number of aromatic nitrogens is 2. The number of carbonyl (C=O) groups is 1. The molecule has 2 fully saturated rings. The number of anilines is 1. The molecule has 1 atom stereocenters. The van der Waals surface area contributed by atoms with Crippen LogP contribution in [0.4, 0.5) is 5.13 Å². The van der Waals surface area contributed by atoms with Crippen LogP contribution < -0.4 is 10.9 Å². The van der Waals surface area contributed by atoms with Gasteiger partial charge in [0.2, 0.25) is 5.91 Å². The quantitative estimate of drug-likeness (QED) is 0.674. The van der Waals surface area contributed by atoms with Gasteiger partial charge in [-0.05, 0) is 57.9 Å². The number of thiazole rings is 1. The molecular weight excluding hydrogens is 438 g/mol. The number of hydrogen-bond acceptors (Lipinski definition) is 7. The Morgan fingerprint density at radius 1 is 1.26 bits per heavy atom. The maximum atomic E-state index is 13.2. The molecule has 0 radical (unpaired) electrons. The first-order valence-corrected chi connectivity index (χ1v) is 12.9. The Labute approximate surface area is 185 Å². The molecule has 10 heteroatoms. The van der Waals surface area contributed by atoms with Gasteiger partial charge >= 0.3 is 0 Å². The summed E-state index contributed by atoms with van der Waals surface area (Å²) >= 11 is 1.37. The van der Waals surface area contributed by atoms with Crippen molar-refractivity contribution in [3.63, 3.8) is 0 Å². The molecule has 0 unspecified atom stereocenters. The molecule has 1 aliphatic carbocycles. The van der Waals surface area contributed by atoms with E-state index in [1.165, 1.54) is 28.0 Å². The van der Waals surface area contributed by atoms with Gasteiger partial charge in [0.1, 0.15) is 6.04 Å². The molecule has 1 N–H and O–H groups in total. The van der Waals surface area contributed by atoms with Crippen molar-refractivity contribution in [1.29, 1.82) is 0 Å². The zero-order chi connectivity index (χ0) is 22.2. The smallest absolute Gasteiger partial charge is 0.252 e. The van der Waals surface area contributed by atoms with E-state index in [1.54, 1.807) is 13.1 Å². The van der Waals surface area contributed by atoms with E-state index in [0.29, 0.717) is 43.3 Å². The average Bonchev–Trinajstić information content (AvgIpc) is 3.51. The van der Waals surface area contributed by atoms with E-state index in [4.69, 9.17) is 4.74 Å². The lowest BCUT2D eigenvalue weighted by atomic mass is 9.91. The molecule has 168 valence electrons. The standard InChI is InChI=1S/C21H27N3O5S2/c1-13-9-17(31(27,28)16-3-4-16)11-19(25)24(13)18(10-15-5-7-29-8-6-15)20(26)23-21-22-12-14(2)30-21/h9,11-12,15-16,18H,3-8,10H2,1-2H3,(H,22,23,26)/t18-/m1/s1. The molecule has 2 aliphatic rings. The van der Waals surface area contributed by atoms with E-state index in [0.717, 1.165) is 17.7 Å². The van der Waals surface area contributed by atoms with Gasteiger partial charge in [0.05, 0.1) is 10.1 Å². The van der Waals surface area contributed by atoms with Gasteiger partial charge in [-0.15, -0.1) is 11.3 Å². The minimum atomic E-state index is -3.49. The van der Waals surface area contributed by atoms with Crippen LogP contribution in [0.2, 0.25) is 0 Å². The summed E-state index contributed by atoms with van der Waals surface area (Å²) in [5, 5.41) is 2.93. The first-order valence-electron chi connectivity index (χ1n) is 10.5. The Hall–Kier alpha value is -2.04. The lowest BCUT2D eigenvalue weighted by molar-refractivity contribution is -0.120. The lowest BCUT2D eigenvalue weighted by Gasteiger charge is -2.28. The van der Waals surface area contributed by atoms with Gasteiger partial charge in [0.15, 0.2) is 15.0 Å². The molecule has 0 aromatic carbocycles. The van der Waals surface area contributed by atoms with Crippen molar-refractivity contribution >= 4 is 32.2 Å². The maximum Gasteiger partial charge on any atom is 0.252 e. The van der Waals surface area contributed by atoms with Crippen molar-refractivity contribution in [3.8, 4) is 0 Å². The maximum absolute atomic E-state index is 13.2. The number of nitrogens with one attached hydrogen (secondary N) is 1. The second-order valence-corrected chi connectivity index (χ2v) is 11.8. The summed E-state index contributed by atoms with van der Waals surface area (Å²) in [4.78, 5) is 31.5. The van der Waals surface area contributed by atoms with E-state index in [-0.39, 0.29) is 16.7 Å². The predicted octanol–water partition coefficient (Wildman–Crippen LogP) is 2.85. The lowest BCUT2D eigenvalue weighted by Crippen LogP contribution is -2.37. The Morgan fingerprint density at radius 2 is 1.97 bits per heavy atom. The first-order chi connectivity index (χ1) is 14.8. The summed E-state index contributed by atoms with van der Waals surface area (Å²) in [5.41, 5.74) is -0.00370. The molecule has 31 heavy (non-hydrogen) atoms. The molecule has 1 aliphatic heterocycles. The number of carbonyl (C=O) groups excluding carboxylic acids is 1. The first kappa shape index (κ1) is 22.2. The number of sulfone groups is 1. The van der Waals surface area contributed by atoms with Crippen molar-refractivity contribution in [3.05, 3.63) is 39.3 Å². The number of amides is 1. The van der Waals surface area contributed by atoms with E-state index >= 15 is 0 Å². The average molecular weight is 466 g/mol. The zero-order valence-electron chi connectivity index (χ0n) is 17.7. The Bertz CT molecular complexity index is 1130. The van der Waals surface area contributed by atoms with Crippen LogP contribution in [0.15, 0.2) is 28.0 Å². The normalized spacial score (nSPS) is 18.6. The fourth-order valence-corrected chi connectivity index (χ4v) is 6.45. The van der Waals surface area contributed by atoms with Crippen LogP contribution in [-0.4, -0.2) is 42.3 Å². The minimum Gasteiger partial charge on any atom is -0.381 e. The van der Waals surface area contributed by atoms with E-state index < -0.39 is 26.7 Å². The fourth-order valence-electron chi connectivity index (χ4n) is 4.05. The second-order valence-electron chi connectivity index (χ2n) is 8.36. The summed E-state index contributed by atoms with van der Waals surface area (Å²) in [7, 11) is -3.49. The van der Waals surface area contributed by atoms with Crippen molar-refractivity contribution in [2.24, 2.45) is 5.92 Å². The SMILES string of the molecule is Cc1cnc(NC(=O)[C@@H](CC2CCOCC2)n2c(C)cc(S(=O)(=O)C3CC3)cc2=O)s1. The summed E-state index contributed by atoms with van der Waals surface area (Å²) in [6.45, 7) is 4.86. The third kappa shape index (κ3) is 4.91. The van der Waals surface area contributed by atoms with Crippen molar-refractivity contribution in [1.82, 2.24) is 9.55 Å². The van der Waals surface area contributed by atoms with Crippen LogP contribution in [0.25, 0.3) is 0 Å². The molecule has 2 aromatic rings. The summed E-state index contributed by atoms with van der Waals surface area (Å²) in [6, 6.07) is 1.93. The third-order valence-corrected chi connectivity index (χ3v) is 8.96. The van der Waals surface area contributed by atoms with Gasteiger partial charge in [0.25, 0.3) is 5.56 Å². The number of ether oxygens (including phenoxy) is 1. The summed E-state index contributed by atoms with van der Waals surface area (Å²) in [6.07, 6.45) is 5.07. The molecule has 0 spiro atoms. The van der Waals surface area contributed by atoms with Gasteiger partial charge in [-0.2, -0.15) is 0 Å². The molecule has 8 nitrogen and oxygen atoms in total. The van der Waals surface area contributed by atoms with Crippen LogP contribution in [0.3, 0.4) is 0 Å². The van der Waals surface area contributed by atoms with Crippen LogP contribution in [0, 0.1) is 19.8 Å². The van der Waals surface area contributed by atoms with Gasteiger partial charge in [0, 0.05) is 36.0 Å². The Morgan fingerprint density at radius 3 is 2.55 bits per heavy atom. The highest BCUT2D eigenvalue weighted by Crippen LogP contribution is 2.34. The molecular formula is C21H27N3O5S2. The molecule has 1 amide bonds. The fraction of sp³-hybridized carbons (Fsp3) is 0.571. The van der Waals surface area contributed by atoms with Gasteiger partial charge in [-0.25, -0.2) is 13.4 Å². The molecule has 0 bridgehead atoms. The molecule has 4 rings (SSSR count). The van der Waals surface area contributed by atoms with Crippen LogP contribution >= 0.6 is 11.3 Å². The third-order valence-electron chi connectivity index (χ3n) is 5.89. The predicted molar refractivity (Wildman–Crippen MR) is 118 cm³/mol. The number of hydrogen-bond donors (Lipinski definition) is 1. The Kier molecular flexibility index (Phi) is 6.32. The molecule has 1 saturated carbocycles. The van der Waals surface area contributed by atoms with Crippen LogP contribution in [-0.2, 0) is 19.4 Å². The molecule has 2 aromatic heterocycles. The highest BCUT2D eigenvalue weighted by molar-refractivity contribution is 7.92. The van der Waals surface area contributed by atoms with Gasteiger partial charge in [-0.1, -0.05) is 0 Å². The van der Waals surface area contributed by atoms with Crippen LogP contribution in [0.1, 0.15) is 48.7 Å². The van der Waals surface area contributed by atoms with Crippen molar-refractivity contribution < 1.29 is 17.9 Å². The minimum absolute atomic E-state index is 0.0505. The highest BCUT2D eigenvalue weighted by atomic mass is 32.2. The van der Waals surface area contributed by atoms with Crippen molar-refractivity contribution in [2.45, 2.75) is 62.1 Å². The van der Waals surface area contributed by atoms with Crippen LogP contribution in [0.5, 0.6) is 0 Å². The van der Waals surface area contributed by atoms with Crippen molar-refractivity contribution in [2.75, 3.05) is 18.5 Å². The highest BCUT2D eigenvalue weighted by Gasteiger charge is 2.38. The zero-order valence-corrected chi connectivity index (χ0v) is 19.3. The van der Waals surface area contributed by atoms with E-state index in [1.807, 2.05) is 6.92 Å². The largest absolute Gasteiger partial charge is 0.381 e. The Balaban J connectivity index is 1.68. The van der Waals surface area contributed by atoms with Gasteiger partial charge < -0.3 is 14.6 Å². The number of pyridine rings is 1. The molecule has 1 saturated heterocycles. The van der Waals surface area contributed by atoms with E-state index in [2.05, 4.69) is 10.3 Å².